The van der Waals surface area contributed by atoms with Crippen LogP contribution in [0.25, 0.3) is 11.0 Å². The van der Waals surface area contributed by atoms with Crippen molar-refractivity contribution in [2.45, 2.75) is 20.4 Å². The van der Waals surface area contributed by atoms with Gasteiger partial charge in [0.15, 0.2) is 0 Å². The lowest BCUT2D eigenvalue weighted by Crippen LogP contribution is -2.19. The van der Waals surface area contributed by atoms with Crippen LogP contribution in [0.3, 0.4) is 0 Å². The standard InChI is InChI=1S/C11H13N3O3/c1-7(2)6-13-10-4-3-8(14(16)17)5-9(10)12-11(13)15/h3-5,7H,6H2,1-2H3,(H,12,15). The van der Waals surface area contributed by atoms with E-state index in [9.17, 15) is 14.9 Å². The van der Waals surface area contributed by atoms with Crippen molar-refractivity contribution in [2.75, 3.05) is 0 Å². The molecule has 90 valence electrons. The van der Waals surface area contributed by atoms with Gasteiger partial charge in [-0.2, -0.15) is 0 Å². The van der Waals surface area contributed by atoms with Gasteiger partial charge in [-0.1, -0.05) is 13.8 Å². The number of fused-ring (bicyclic) bond motifs is 1. The molecule has 0 spiro atoms. The molecule has 0 bridgehead atoms. The molecule has 6 nitrogen and oxygen atoms in total. The molecule has 1 N–H and O–H groups in total. The first-order chi connectivity index (χ1) is 7.99. The number of hydrogen-bond donors (Lipinski definition) is 1. The first-order valence-corrected chi connectivity index (χ1v) is 5.36. The molecule has 2 aromatic rings. The van der Waals surface area contributed by atoms with E-state index in [1.807, 2.05) is 13.8 Å². The summed E-state index contributed by atoms with van der Waals surface area (Å²) >= 11 is 0. The molecule has 0 aliphatic heterocycles. The van der Waals surface area contributed by atoms with Crippen LogP contribution in [0.5, 0.6) is 0 Å². The number of non-ortho nitro benzene ring substituents is 1. The topological polar surface area (TPSA) is 80.9 Å². The molecule has 17 heavy (non-hydrogen) atoms. The Balaban J connectivity index is 2.60. The fourth-order valence-electron chi connectivity index (χ4n) is 1.81. The van der Waals surface area contributed by atoms with E-state index in [-0.39, 0.29) is 11.4 Å². The highest BCUT2D eigenvalue weighted by atomic mass is 16.6. The second kappa shape index (κ2) is 4.04. The number of nitro groups is 1. The largest absolute Gasteiger partial charge is 0.326 e. The smallest absolute Gasteiger partial charge is 0.305 e. The Labute approximate surface area is 97.0 Å². The van der Waals surface area contributed by atoms with Gasteiger partial charge in [-0.3, -0.25) is 14.7 Å². The van der Waals surface area contributed by atoms with Crippen LogP contribution in [0.15, 0.2) is 23.0 Å². The second-order valence-electron chi connectivity index (χ2n) is 4.39. The van der Waals surface area contributed by atoms with E-state index in [4.69, 9.17) is 0 Å². The summed E-state index contributed by atoms with van der Waals surface area (Å²) < 4.78 is 1.60. The van der Waals surface area contributed by atoms with Gasteiger partial charge in [0.05, 0.1) is 16.0 Å². The molecular weight excluding hydrogens is 222 g/mol. The van der Waals surface area contributed by atoms with Crippen LogP contribution in [-0.4, -0.2) is 14.5 Å². The van der Waals surface area contributed by atoms with Gasteiger partial charge in [0.2, 0.25) is 0 Å². The van der Waals surface area contributed by atoms with Gasteiger partial charge in [-0.25, -0.2) is 4.79 Å². The lowest BCUT2D eigenvalue weighted by Gasteiger charge is -2.05. The zero-order chi connectivity index (χ0) is 12.6. The fraction of sp³-hybridized carbons (Fsp3) is 0.364. The molecule has 0 fully saturated rings. The minimum Gasteiger partial charge on any atom is -0.305 e. The lowest BCUT2D eigenvalue weighted by molar-refractivity contribution is -0.384. The van der Waals surface area contributed by atoms with Crippen LogP contribution in [0.1, 0.15) is 13.8 Å². The van der Waals surface area contributed by atoms with Crippen LogP contribution in [0.2, 0.25) is 0 Å². The Hall–Kier alpha value is -2.11. The molecule has 1 aromatic carbocycles. The number of aromatic nitrogens is 2. The van der Waals surface area contributed by atoms with E-state index in [0.29, 0.717) is 23.5 Å². The Morgan fingerprint density at radius 3 is 2.76 bits per heavy atom. The number of nitro benzene ring substituents is 1. The van der Waals surface area contributed by atoms with Crippen molar-refractivity contribution in [3.05, 3.63) is 38.8 Å². The van der Waals surface area contributed by atoms with Gasteiger partial charge in [-0.15, -0.1) is 0 Å². The van der Waals surface area contributed by atoms with Crippen molar-refractivity contribution in [2.24, 2.45) is 5.92 Å². The molecule has 1 aromatic heterocycles. The number of aromatic amines is 1. The van der Waals surface area contributed by atoms with Crippen LogP contribution < -0.4 is 5.69 Å². The molecule has 1 heterocycles. The summed E-state index contributed by atoms with van der Waals surface area (Å²) in [7, 11) is 0. The Morgan fingerprint density at radius 1 is 1.47 bits per heavy atom. The lowest BCUT2D eigenvalue weighted by atomic mass is 10.2. The van der Waals surface area contributed by atoms with Crippen molar-refractivity contribution in [1.29, 1.82) is 0 Å². The summed E-state index contributed by atoms with van der Waals surface area (Å²) in [5.74, 6) is 0.335. The summed E-state index contributed by atoms with van der Waals surface area (Å²) in [6, 6.07) is 4.40. The normalized spacial score (nSPS) is 11.2. The zero-order valence-electron chi connectivity index (χ0n) is 9.64. The maximum atomic E-state index is 11.7. The minimum atomic E-state index is -0.475. The average molecular weight is 235 g/mol. The Bertz CT molecular complexity index is 624. The van der Waals surface area contributed by atoms with E-state index in [2.05, 4.69) is 4.98 Å². The highest BCUT2D eigenvalue weighted by molar-refractivity contribution is 5.77. The molecule has 0 atom stereocenters. The third-order valence-corrected chi connectivity index (χ3v) is 2.52. The third-order valence-electron chi connectivity index (χ3n) is 2.52. The SMILES string of the molecule is CC(C)Cn1c(=O)[nH]c2cc([N+](=O)[O-])ccc21. The summed E-state index contributed by atoms with van der Waals surface area (Å²) in [5.41, 5.74) is 0.962. The highest BCUT2D eigenvalue weighted by Crippen LogP contribution is 2.18. The Morgan fingerprint density at radius 2 is 2.18 bits per heavy atom. The molecule has 0 radical (unpaired) electrons. The maximum Gasteiger partial charge on any atom is 0.326 e. The van der Waals surface area contributed by atoms with Crippen molar-refractivity contribution in [1.82, 2.24) is 9.55 Å². The van der Waals surface area contributed by atoms with E-state index in [0.717, 1.165) is 0 Å². The molecule has 0 unspecified atom stereocenters. The number of nitrogens with zero attached hydrogens (tertiary/aromatic N) is 2. The van der Waals surface area contributed by atoms with Gasteiger partial charge in [-0.05, 0) is 12.0 Å². The summed E-state index contributed by atoms with van der Waals surface area (Å²) in [5, 5.41) is 10.6. The van der Waals surface area contributed by atoms with E-state index in [1.54, 1.807) is 10.6 Å². The van der Waals surface area contributed by atoms with Crippen LogP contribution in [0.4, 0.5) is 5.69 Å². The fourth-order valence-corrected chi connectivity index (χ4v) is 1.81. The number of hydrogen-bond acceptors (Lipinski definition) is 3. The van der Waals surface area contributed by atoms with Gasteiger partial charge in [0, 0.05) is 18.7 Å². The molecule has 0 aliphatic carbocycles. The highest BCUT2D eigenvalue weighted by Gasteiger charge is 2.12. The maximum absolute atomic E-state index is 11.7. The van der Waals surface area contributed by atoms with Gasteiger partial charge < -0.3 is 4.98 Å². The first kappa shape index (κ1) is 11.4. The summed E-state index contributed by atoms with van der Waals surface area (Å²) in [4.78, 5) is 24.5. The predicted octanol–water partition coefficient (Wildman–Crippen LogP) is 1.89. The van der Waals surface area contributed by atoms with Gasteiger partial charge in [0.25, 0.3) is 5.69 Å². The first-order valence-electron chi connectivity index (χ1n) is 5.36. The van der Waals surface area contributed by atoms with E-state index >= 15 is 0 Å². The van der Waals surface area contributed by atoms with Crippen LogP contribution in [-0.2, 0) is 6.54 Å². The number of rotatable bonds is 3. The van der Waals surface area contributed by atoms with Crippen molar-refractivity contribution < 1.29 is 4.92 Å². The van der Waals surface area contributed by atoms with Gasteiger partial charge >= 0.3 is 5.69 Å². The van der Waals surface area contributed by atoms with Crippen molar-refractivity contribution in [3.8, 4) is 0 Å². The molecule has 0 saturated heterocycles. The average Bonchev–Trinajstić information content (AvgIpc) is 2.54. The van der Waals surface area contributed by atoms with Crippen LogP contribution >= 0.6 is 0 Å². The van der Waals surface area contributed by atoms with E-state index < -0.39 is 4.92 Å². The third kappa shape index (κ3) is 2.06. The molecule has 2 rings (SSSR count). The summed E-state index contributed by atoms with van der Waals surface area (Å²) in [6.45, 7) is 4.62. The Kier molecular flexibility index (Phi) is 2.71. The molecular formula is C11H13N3O3. The predicted molar refractivity (Wildman–Crippen MR) is 64.1 cm³/mol. The van der Waals surface area contributed by atoms with Crippen molar-refractivity contribution >= 4 is 16.7 Å². The quantitative estimate of drug-likeness (QED) is 0.651. The number of imidazole rings is 1. The van der Waals surface area contributed by atoms with Crippen LogP contribution in [0, 0.1) is 16.0 Å². The minimum absolute atomic E-state index is 0.0181. The molecule has 0 saturated carbocycles. The zero-order valence-corrected chi connectivity index (χ0v) is 9.64. The van der Waals surface area contributed by atoms with Crippen molar-refractivity contribution in [3.63, 3.8) is 0 Å². The number of H-pyrrole nitrogens is 1. The molecule has 0 aliphatic rings. The number of benzene rings is 1. The molecule has 0 amide bonds. The summed E-state index contributed by atoms with van der Waals surface area (Å²) in [6.07, 6.45) is 0. The second-order valence-corrected chi connectivity index (χ2v) is 4.39. The number of nitrogens with one attached hydrogen (secondary N) is 1. The van der Waals surface area contributed by atoms with Gasteiger partial charge in [0.1, 0.15) is 0 Å². The van der Waals surface area contributed by atoms with E-state index in [1.165, 1.54) is 12.1 Å². The monoisotopic (exact) mass is 235 g/mol. The molecule has 6 heteroatoms.